The monoisotopic (exact) mass is 494 g/mol. The number of unbranched alkanes of at least 4 members (excludes halogenated alkanes) is 1. The summed E-state index contributed by atoms with van der Waals surface area (Å²) in [4.78, 5) is 22.9. The topological polar surface area (TPSA) is 112 Å². The predicted molar refractivity (Wildman–Crippen MR) is 148 cm³/mol. The standard InChI is InChI=1S/C29H30N6O2/c1-20-32-26-27(34(20)16-8-9-17-35(29(31)36)22-12-6-3-7-13-22)24-18-23(14-15-25(24)33-28(26)30)37-19-21-10-4-2-5-11-21/h2-7,10-15,18H,8-9,16-17,19H2,1H3,(H2,30,33)(H2,31,36). The van der Waals surface area contributed by atoms with E-state index in [0.717, 1.165) is 58.6 Å². The zero-order chi connectivity index (χ0) is 25.8. The number of carbonyl (C=O) groups is 1. The number of nitrogens with two attached hydrogens (primary N) is 2. The maximum atomic E-state index is 12.0. The average Bonchev–Trinajstić information content (AvgIpc) is 3.25. The molecule has 0 saturated heterocycles. The lowest BCUT2D eigenvalue weighted by Gasteiger charge is -2.20. The SMILES string of the molecule is Cc1nc2c(N)nc3ccc(OCc4ccccc4)cc3c2n1CCCCN(C(N)=O)c1ccccc1. The summed E-state index contributed by atoms with van der Waals surface area (Å²) in [5.41, 5.74) is 16.3. The molecule has 188 valence electrons. The third-order valence-corrected chi connectivity index (χ3v) is 6.46. The minimum absolute atomic E-state index is 0.409. The number of para-hydroxylation sites is 1. The molecule has 0 aliphatic rings. The Hall–Kier alpha value is -4.59. The van der Waals surface area contributed by atoms with Gasteiger partial charge in [-0.25, -0.2) is 14.8 Å². The molecule has 0 spiro atoms. The van der Waals surface area contributed by atoms with E-state index in [-0.39, 0.29) is 0 Å². The Bertz CT molecular complexity index is 1530. The van der Waals surface area contributed by atoms with Crippen LogP contribution in [0, 0.1) is 6.92 Å². The highest BCUT2D eigenvalue weighted by atomic mass is 16.5. The number of aryl methyl sites for hydroxylation is 2. The number of primary amides is 1. The number of amides is 2. The van der Waals surface area contributed by atoms with Gasteiger partial charge in [-0.1, -0.05) is 48.5 Å². The fourth-order valence-corrected chi connectivity index (χ4v) is 4.62. The lowest BCUT2D eigenvalue weighted by molar-refractivity contribution is 0.253. The van der Waals surface area contributed by atoms with Gasteiger partial charge in [0.15, 0.2) is 5.82 Å². The summed E-state index contributed by atoms with van der Waals surface area (Å²) in [5.74, 6) is 2.03. The first-order valence-electron chi connectivity index (χ1n) is 12.4. The zero-order valence-corrected chi connectivity index (χ0v) is 20.8. The molecule has 4 N–H and O–H groups in total. The van der Waals surface area contributed by atoms with E-state index < -0.39 is 6.03 Å². The number of aromatic nitrogens is 3. The summed E-state index contributed by atoms with van der Waals surface area (Å²) >= 11 is 0. The van der Waals surface area contributed by atoms with Gasteiger partial charge in [0.05, 0.1) is 11.0 Å². The highest BCUT2D eigenvalue weighted by Crippen LogP contribution is 2.31. The van der Waals surface area contributed by atoms with Crippen LogP contribution < -0.4 is 21.1 Å². The van der Waals surface area contributed by atoms with E-state index in [1.807, 2.05) is 85.8 Å². The summed E-state index contributed by atoms with van der Waals surface area (Å²) in [5, 5.41) is 0.943. The van der Waals surface area contributed by atoms with Crippen LogP contribution in [-0.4, -0.2) is 27.1 Å². The predicted octanol–water partition coefficient (Wildman–Crippen LogP) is 5.42. The molecule has 0 fully saturated rings. The number of carbonyl (C=O) groups excluding carboxylic acids is 1. The fourth-order valence-electron chi connectivity index (χ4n) is 4.62. The highest BCUT2D eigenvalue weighted by molar-refractivity contribution is 6.07. The molecule has 0 aliphatic carbocycles. The number of nitrogen functional groups attached to an aromatic ring is 1. The Balaban J connectivity index is 1.38. The largest absolute Gasteiger partial charge is 0.489 e. The Morgan fingerprint density at radius 2 is 1.70 bits per heavy atom. The van der Waals surface area contributed by atoms with Crippen molar-refractivity contribution in [1.29, 1.82) is 0 Å². The maximum Gasteiger partial charge on any atom is 0.319 e. The van der Waals surface area contributed by atoms with Gasteiger partial charge in [0.25, 0.3) is 0 Å². The third-order valence-electron chi connectivity index (χ3n) is 6.46. The second kappa shape index (κ2) is 10.6. The molecule has 0 unspecified atom stereocenters. The number of imidazole rings is 1. The van der Waals surface area contributed by atoms with Crippen LogP contribution >= 0.6 is 0 Å². The van der Waals surface area contributed by atoms with Crippen molar-refractivity contribution in [3.05, 3.63) is 90.3 Å². The molecule has 5 rings (SSSR count). The molecule has 0 bridgehead atoms. The number of fused-ring (bicyclic) bond motifs is 3. The molecule has 8 heteroatoms. The molecular weight excluding hydrogens is 464 g/mol. The smallest absolute Gasteiger partial charge is 0.319 e. The number of nitrogens with zero attached hydrogens (tertiary/aromatic N) is 4. The molecule has 2 amide bonds. The van der Waals surface area contributed by atoms with Crippen LogP contribution in [0.15, 0.2) is 78.9 Å². The van der Waals surface area contributed by atoms with Gasteiger partial charge in [-0.2, -0.15) is 0 Å². The number of ether oxygens (including phenoxy) is 1. The summed E-state index contributed by atoms with van der Waals surface area (Å²) in [7, 11) is 0. The van der Waals surface area contributed by atoms with Crippen LogP contribution in [0.2, 0.25) is 0 Å². The van der Waals surface area contributed by atoms with Crippen molar-refractivity contribution >= 4 is 39.5 Å². The maximum absolute atomic E-state index is 12.0. The molecule has 0 atom stereocenters. The number of hydrogen-bond acceptors (Lipinski definition) is 5. The van der Waals surface area contributed by atoms with Crippen molar-refractivity contribution in [3.8, 4) is 5.75 Å². The van der Waals surface area contributed by atoms with Gasteiger partial charge in [0.2, 0.25) is 0 Å². The van der Waals surface area contributed by atoms with Crippen molar-refractivity contribution in [2.24, 2.45) is 5.73 Å². The Morgan fingerprint density at radius 1 is 0.973 bits per heavy atom. The van der Waals surface area contributed by atoms with Gasteiger partial charge < -0.3 is 20.8 Å². The van der Waals surface area contributed by atoms with Gasteiger partial charge in [-0.05, 0) is 55.7 Å². The van der Waals surface area contributed by atoms with Crippen LogP contribution in [0.5, 0.6) is 5.75 Å². The van der Waals surface area contributed by atoms with E-state index in [4.69, 9.17) is 21.2 Å². The molecule has 2 heterocycles. The number of urea groups is 1. The summed E-state index contributed by atoms with van der Waals surface area (Å²) < 4.78 is 8.25. The van der Waals surface area contributed by atoms with Gasteiger partial charge >= 0.3 is 6.03 Å². The van der Waals surface area contributed by atoms with Crippen molar-refractivity contribution in [1.82, 2.24) is 14.5 Å². The van der Waals surface area contributed by atoms with Gasteiger partial charge in [0.1, 0.15) is 23.7 Å². The first kappa shape index (κ1) is 24.1. The lowest BCUT2D eigenvalue weighted by atomic mass is 10.1. The molecule has 37 heavy (non-hydrogen) atoms. The van der Waals surface area contributed by atoms with Crippen LogP contribution in [-0.2, 0) is 13.2 Å². The molecule has 5 aromatic rings. The summed E-state index contributed by atoms with van der Waals surface area (Å²) in [6.45, 7) is 3.71. The summed E-state index contributed by atoms with van der Waals surface area (Å²) in [6.07, 6.45) is 1.61. The van der Waals surface area contributed by atoms with E-state index in [9.17, 15) is 4.79 Å². The van der Waals surface area contributed by atoms with E-state index in [1.165, 1.54) is 0 Å². The normalized spacial score (nSPS) is 11.2. The number of benzene rings is 3. The Labute approximate surface area is 215 Å². The van der Waals surface area contributed by atoms with Crippen LogP contribution in [0.3, 0.4) is 0 Å². The van der Waals surface area contributed by atoms with Gasteiger partial charge in [0, 0.05) is 24.2 Å². The van der Waals surface area contributed by atoms with Crippen molar-refractivity contribution < 1.29 is 9.53 Å². The molecule has 3 aromatic carbocycles. The molecular formula is C29H30N6O2. The second-order valence-electron chi connectivity index (χ2n) is 8.99. The minimum atomic E-state index is -0.455. The molecule has 0 radical (unpaired) electrons. The van der Waals surface area contributed by atoms with Gasteiger partial charge in [-0.3, -0.25) is 4.90 Å². The highest BCUT2D eigenvalue weighted by Gasteiger charge is 2.17. The zero-order valence-electron chi connectivity index (χ0n) is 20.8. The van der Waals surface area contributed by atoms with Crippen LogP contribution in [0.4, 0.5) is 16.3 Å². The molecule has 0 saturated carbocycles. The summed E-state index contributed by atoms with van der Waals surface area (Å²) in [6, 6.07) is 24.9. The first-order valence-corrected chi connectivity index (χ1v) is 12.4. The fraction of sp³-hybridized carbons (Fsp3) is 0.207. The van der Waals surface area contributed by atoms with E-state index in [0.29, 0.717) is 24.5 Å². The quantitative estimate of drug-likeness (QED) is 0.266. The second-order valence-corrected chi connectivity index (χ2v) is 8.99. The van der Waals surface area contributed by atoms with E-state index in [2.05, 4.69) is 9.55 Å². The number of hydrogen-bond donors (Lipinski definition) is 2. The van der Waals surface area contributed by atoms with E-state index >= 15 is 0 Å². The number of rotatable bonds is 9. The minimum Gasteiger partial charge on any atom is -0.489 e. The number of anilines is 2. The lowest BCUT2D eigenvalue weighted by Crippen LogP contribution is -2.36. The third kappa shape index (κ3) is 5.18. The van der Waals surface area contributed by atoms with Gasteiger partial charge in [-0.15, -0.1) is 0 Å². The first-order chi connectivity index (χ1) is 18.0. The molecule has 8 nitrogen and oxygen atoms in total. The van der Waals surface area contributed by atoms with Crippen molar-refractivity contribution in [2.75, 3.05) is 17.2 Å². The average molecular weight is 495 g/mol. The van der Waals surface area contributed by atoms with Crippen LogP contribution in [0.1, 0.15) is 24.2 Å². The Morgan fingerprint density at radius 3 is 2.43 bits per heavy atom. The number of pyridine rings is 1. The van der Waals surface area contributed by atoms with E-state index in [1.54, 1.807) is 4.90 Å². The van der Waals surface area contributed by atoms with Crippen LogP contribution in [0.25, 0.3) is 21.9 Å². The Kier molecular flexibility index (Phi) is 6.89. The molecule has 0 aliphatic heterocycles. The molecule has 2 aromatic heterocycles. The van der Waals surface area contributed by atoms with Crippen molar-refractivity contribution in [2.45, 2.75) is 32.9 Å². The van der Waals surface area contributed by atoms with Crippen molar-refractivity contribution in [3.63, 3.8) is 0 Å².